The molecule has 0 radical (unpaired) electrons. The molecule has 1 aromatic rings. The molecule has 2 atom stereocenters. The third kappa shape index (κ3) is 4.43. The minimum atomic E-state index is -0.0889. The molecule has 128 valence electrons. The predicted octanol–water partition coefficient (Wildman–Crippen LogP) is 1.88. The molecule has 3 rings (SSSR count). The van der Waals surface area contributed by atoms with Crippen molar-refractivity contribution in [3.8, 4) is 0 Å². The zero-order valence-corrected chi connectivity index (χ0v) is 14.8. The number of piperidine rings is 1. The molecule has 3 heterocycles. The summed E-state index contributed by atoms with van der Waals surface area (Å²) < 4.78 is 5.79. The Bertz CT molecular complexity index is 536. The molecule has 2 amide bonds. The van der Waals surface area contributed by atoms with Crippen LogP contribution in [0.3, 0.4) is 0 Å². The van der Waals surface area contributed by atoms with Crippen molar-refractivity contribution in [2.24, 2.45) is 5.92 Å². The molecule has 2 aliphatic rings. The number of hydrogen-bond acceptors (Lipinski definition) is 5. The minimum Gasteiger partial charge on any atom is -0.367 e. The molecular formula is C16H26N4O2S. The number of ether oxygens (including phenoxy) is 1. The zero-order chi connectivity index (χ0) is 16.2. The Morgan fingerprint density at radius 2 is 2.35 bits per heavy atom. The summed E-state index contributed by atoms with van der Waals surface area (Å²) in [6, 6.07) is 0.0276. The van der Waals surface area contributed by atoms with E-state index in [1.54, 1.807) is 11.3 Å². The molecule has 0 aliphatic carbocycles. The average molecular weight is 338 g/mol. The summed E-state index contributed by atoms with van der Waals surface area (Å²) in [5.74, 6) is 0.566. The van der Waals surface area contributed by atoms with Crippen molar-refractivity contribution in [2.75, 3.05) is 46.4 Å². The van der Waals surface area contributed by atoms with E-state index in [-0.39, 0.29) is 12.1 Å². The van der Waals surface area contributed by atoms with Gasteiger partial charge in [-0.2, -0.15) is 0 Å². The van der Waals surface area contributed by atoms with Gasteiger partial charge in [0, 0.05) is 30.7 Å². The highest BCUT2D eigenvalue weighted by molar-refractivity contribution is 7.09. The normalized spacial score (nSPS) is 26.3. The van der Waals surface area contributed by atoms with E-state index in [0.29, 0.717) is 25.6 Å². The number of aryl methyl sites for hydroxylation is 1. The minimum absolute atomic E-state index is 0.0276. The van der Waals surface area contributed by atoms with Gasteiger partial charge in [0.25, 0.3) is 0 Å². The molecule has 2 fully saturated rings. The fourth-order valence-corrected chi connectivity index (χ4v) is 4.12. The second kappa shape index (κ2) is 7.59. The van der Waals surface area contributed by atoms with Gasteiger partial charge in [-0.05, 0) is 39.3 Å². The van der Waals surface area contributed by atoms with Gasteiger partial charge < -0.3 is 19.9 Å². The van der Waals surface area contributed by atoms with Crippen LogP contribution in [0.4, 0.5) is 4.79 Å². The monoisotopic (exact) mass is 338 g/mol. The van der Waals surface area contributed by atoms with E-state index in [4.69, 9.17) is 4.74 Å². The summed E-state index contributed by atoms with van der Waals surface area (Å²) in [5.41, 5.74) is 1.01. The molecule has 1 aromatic heterocycles. The third-order valence-electron chi connectivity index (χ3n) is 4.53. The van der Waals surface area contributed by atoms with Gasteiger partial charge in [-0.3, -0.25) is 0 Å². The summed E-state index contributed by atoms with van der Waals surface area (Å²) in [6.45, 7) is 6.80. The van der Waals surface area contributed by atoms with E-state index < -0.39 is 0 Å². The van der Waals surface area contributed by atoms with E-state index in [9.17, 15) is 4.79 Å². The summed E-state index contributed by atoms with van der Waals surface area (Å²) in [6.07, 6.45) is 2.34. The van der Waals surface area contributed by atoms with Crippen molar-refractivity contribution >= 4 is 17.4 Å². The number of likely N-dealkylation sites (tertiary alicyclic amines) is 1. The largest absolute Gasteiger partial charge is 0.367 e. The Kier molecular flexibility index (Phi) is 5.50. The zero-order valence-electron chi connectivity index (χ0n) is 14.0. The van der Waals surface area contributed by atoms with Gasteiger partial charge in [0.2, 0.25) is 0 Å². The molecule has 2 saturated heterocycles. The van der Waals surface area contributed by atoms with Crippen molar-refractivity contribution in [3.63, 3.8) is 0 Å². The first-order valence-electron chi connectivity index (χ1n) is 8.37. The SMILES string of the molecule is Cc1csc([C@@H]2CN(C(=O)NC[C@@H]3CCCN(C)C3)CCO2)n1. The van der Waals surface area contributed by atoms with Crippen LogP contribution in [0.15, 0.2) is 5.38 Å². The molecule has 2 aliphatic heterocycles. The number of nitrogens with one attached hydrogen (secondary N) is 1. The van der Waals surface area contributed by atoms with E-state index in [1.807, 2.05) is 17.2 Å². The van der Waals surface area contributed by atoms with Gasteiger partial charge in [0.15, 0.2) is 0 Å². The number of rotatable bonds is 3. The molecule has 1 N–H and O–H groups in total. The molecule has 0 aromatic carbocycles. The molecule has 0 unspecified atom stereocenters. The first-order valence-corrected chi connectivity index (χ1v) is 9.24. The molecule has 0 spiro atoms. The topological polar surface area (TPSA) is 57.7 Å². The lowest BCUT2D eigenvalue weighted by atomic mass is 9.99. The maximum Gasteiger partial charge on any atom is 0.317 e. The summed E-state index contributed by atoms with van der Waals surface area (Å²) in [5, 5.41) is 6.10. The predicted molar refractivity (Wildman–Crippen MR) is 90.7 cm³/mol. The molecule has 0 saturated carbocycles. The Balaban J connectivity index is 1.49. The molecule has 0 bridgehead atoms. The average Bonchev–Trinajstić information content (AvgIpc) is 2.99. The maximum absolute atomic E-state index is 12.4. The molecule has 7 heteroatoms. The van der Waals surface area contributed by atoms with Crippen LogP contribution in [0.25, 0.3) is 0 Å². The number of carbonyl (C=O) groups is 1. The van der Waals surface area contributed by atoms with E-state index in [2.05, 4.69) is 22.2 Å². The number of hydrogen-bond donors (Lipinski definition) is 1. The summed E-state index contributed by atoms with van der Waals surface area (Å²) >= 11 is 1.61. The highest BCUT2D eigenvalue weighted by atomic mass is 32.1. The van der Waals surface area contributed by atoms with Crippen LogP contribution in [0, 0.1) is 12.8 Å². The van der Waals surface area contributed by atoms with Crippen molar-refractivity contribution in [3.05, 3.63) is 16.1 Å². The smallest absolute Gasteiger partial charge is 0.317 e. The van der Waals surface area contributed by atoms with Crippen LogP contribution in [0.5, 0.6) is 0 Å². The van der Waals surface area contributed by atoms with Crippen LogP contribution in [-0.4, -0.2) is 67.2 Å². The van der Waals surface area contributed by atoms with Gasteiger partial charge in [-0.25, -0.2) is 9.78 Å². The van der Waals surface area contributed by atoms with Crippen LogP contribution in [0.2, 0.25) is 0 Å². The number of nitrogens with zero attached hydrogens (tertiary/aromatic N) is 3. The fraction of sp³-hybridized carbons (Fsp3) is 0.750. The van der Waals surface area contributed by atoms with Gasteiger partial charge in [-0.15, -0.1) is 11.3 Å². The lowest BCUT2D eigenvalue weighted by Gasteiger charge is -2.33. The highest BCUT2D eigenvalue weighted by Crippen LogP contribution is 2.25. The first-order chi connectivity index (χ1) is 11.1. The second-order valence-electron chi connectivity index (χ2n) is 6.59. The number of aromatic nitrogens is 1. The van der Waals surface area contributed by atoms with Crippen molar-refractivity contribution < 1.29 is 9.53 Å². The van der Waals surface area contributed by atoms with Gasteiger partial charge >= 0.3 is 6.03 Å². The number of thiazole rings is 1. The highest BCUT2D eigenvalue weighted by Gasteiger charge is 2.27. The van der Waals surface area contributed by atoms with Crippen molar-refractivity contribution in [2.45, 2.75) is 25.9 Å². The molecule has 23 heavy (non-hydrogen) atoms. The lowest BCUT2D eigenvalue weighted by Crippen LogP contribution is -2.49. The number of amides is 2. The van der Waals surface area contributed by atoms with Crippen LogP contribution in [-0.2, 0) is 4.74 Å². The fourth-order valence-electron chi connectivity index (χ4n) is 3.29. The van der Waals surface area contributed by atoms with E-state index in [0.717, 1.165) is 23.8 Å². The Morgan fingerprint density at radius 1 is 1.48 bits per heavy atom. The third-order valence-corrected chi connectivity index (χ3v) is 5.58. The number of carbonyl (C=O) groups excluding carboxylic acids is 1. The number of urea groups is 1. The van der Waals surface area contributed by atoms with Crippen LogP contribution >= 0.6 is 11.3 Å². The molecule has 6 nitrogen and oxygen atoms in total. The van der Waals surface area contributed by atoms with Crippen LogP contribution < -0.4 is 5.32 Å². The first kappa shape index (κ1) is 16.7. The summed E-state index contributed by atoms with van der Waals surface area (Å²) in [4.78, 5) is 21.1. The van der Waals surface area contributed by atoms with Crippen molar-refractivity contribution in [1.29, 1.82) is 0 Å². The standard InChI is InChI=1S/C16H26N4O2S/c1-12-11-23-15(18-12)14-10-20(6-7-22-14)16(21)17-8-13-4-3-5-19(2)9-13/h11,13-14H,3-10H2,1-2H3,(H,17,21)/t13-,14-/m0/s1. The Morgan fingerprint density at radius 3 is 3.09 bits per heavy atom. The van der Waals surface area contributed by atoms with Gasteiger partial charge in [0.1, 0.15) is 11.1 Å². The van der Waals surface area contributed by atoms with E-state index >= 15 is 0 Å². The second-order valence-corrected chi connectivity index (χ2v) is 7.48. The Labute approximate surface area is 141 Å². The Hall–Kier alpha value is -1.18. The van der Waals surface area contributed by atoms with Gasteiger partial charge in [-0.1, -0.05) is 0 Å². The van der Waals surface area contributed by atoms with Crippen LogP contribution in [0.1, 0.15) is 29.6 Å². The molecular weight excluding hydrogens is 312 g/mol. The van der Waals surface area contributed by atoms with Crippen molar-refractivity contribution in [1.82, 2.24) is 20.1 Å². The van der Waals surface area contributed by atoms with Gasteiger partial charge in [0.05, 0.1) is 13.2 Å². The summed E-state index contributed by atoms with van der Waals surface area (Å²) in [7, 11) is 2.15. The lowest BCUT2D eigenvalue weighted by molar-refractivity contribution is -0.0157. The quantitative estimate of drug-likeness (QED) is 0.914. The van der Waals surface area contributed by atoms with E-state index in [1.165, 1.54) is 19.4 Å². The maximum atomic E-state index is 12.4. The number of morpholine rings is 1.